The second-order valence-corrected chi connectivity index (χ2v) is 7.00. The Bertz CT molecular complexity index is 818. The maximum atomic E-state index is 12.7. The van der Waals surface area contributed by atoms with Gasteiger partial charge in [-0.05, 0) is 29.3 Å². The molecule has 6 nitrogen and oxygen atoms in total. The molecule has 1 aliphatic heterocycles. The molecular formula is C15H15NO5S. The summed E-state index contributed by atoms with van der Waals surface area (Å²) in [5, 5.41) is 10.5. The summed E-state index contributed by atoms with van der Waals surface area (Å²) in [7, 11) is -3.78. The minimum Gasteiger partial charge on any atom is -0.450 e. The van der Waals surface area contributed by atoms with E-state index in [4.69, 9.17) is 5.11 Å². The van der Waals surface area contributed by atoms with E-state index in [9.17, 15) is 13.2 Å². The van der Waals surface area contributed by atoms with Crippen molar-refractivity contribution in [3.05, 3.63) is 42.5 Å². The van der Waals surface area contributed by atoms with E-state index in [1.807, 2.05) is 24.3 Å². The summed E-state index contributed by atoms with van der Waals surface area (Å²) in [4.78, 5) is 10.8. The van der Waals surface area contributed by atoms with Crippen molar-refractivity contribution in [2.45, 2.75) is 24.0 Å². The third kappa shape index (κ3) is 2.65. The van der Waals surface area contributed by atoms with Crippen molar-refractivity contribution in [3.63, 3.8) is 0 Å². The molecule has 1 saturated heterocycles. The van der Waals surface area contributed by atoms with E-state index in [0.29, 0.717) is 12.8 Å². The summed E-state index contributed by atoms with van der Waals surface area (Å²) in [6.45, 7) is 0.257. The quantitative estimate of drug-likeness (QED) is 0.879. The summed E-state index contributed by atoms with van der Waals surface area (Å²) < 4.78 is 31.2. The molecule has 1 N–H and O–H groups in total. The summed E-state index contributed by atoms with van der Waals surface area (Å²) in [5.74, 6) is 0. The van der Waals surface area contributed by atoms with E-state index in [-0.39, 0.29) is 11.4 Å². The van der Waals surface area contributed by atoms with Gasteiger partial charge in [-0.3, -0.25) is 0 Å². The van der Waals surface area contributed by atoms with Gasteiger partial charge in [0.2, 0.25) is 10.0 Å². The van der Waals surface area contributed by atoms with Crippen LogP contribution in [0.25, 0.3) is 10.8 Å². The minimum atomic E-state index is -3.78. The zero-order chi connectivity index (χ0) is 15.7. The first-order valence-corrected chi connectivity index (χ1v) is 8.33. The van der Waals surface area contributed by atoms with E-state index < -0.39 is 22.4 Å². The molecule has 0 bridgehead atoms. The van der Waals surface area contributed by atoms with Gasteiger partial charge in [-0.25, -0.2) is 13.2 Å². The van der Waals surface area contributed by atoms with Gasteiger partial charge in [0, 0.05) is 13.0 Å². The van der Waals surface area contributed by atoms with Crippen molar-refractivity contribution < 1.29 is 23.1 Å². The molecule has 116 valence electrons. The maximum Gasteiger partial charge on any atom is 0.507 e. The molecule has 1 heterocycles. The lowest BCUT2D eigenvalue weighted by Crippen LogP contribution is -2.38. The van der Waals surface area contributed by atoms with Gasteiger partial charge in [-0.2, -0.15) is 4.31 Å². The first-order valence-electron chi connectivity index (χ1n) is 6.89. The molecule has 0 radical (unpaired) electrons. The Kier molecular flexibility index (Phi) is 3.76. The van der Waals surface area contributed by atoms with Crippen LogP contribution < -0.4 is 0 Å². The SMILES string of the molecule is O=C(O)O[C@H]1CCCN1S(=O)(=O)c1ccc2ccccc2c1. The number of carbonyl (C=O) groups is 1. The highest BCUT2D eigenvalue weighted by atomic mass is 32.2. The number of benzene rings is 2. The molecule has 1 atom stereocenters. The van der Waals surface area contributed by atoms with Crippen LogP contribution in [0.2, 0.25) is 0 Å². The minimum absolute atomic E-state index is 0.145. The highest BCUT2D eigenvalue weighted by Gasteiger charge is 2.37. The fourth-order valence-corrected chi connectivity index (χ4v) is 4.30. The molecule has 0 saturated carbocycles. The number of hydrogen-bond acceptors (Lipinski definition) is 4. The molecule has 7 heteroatoms. The van der Waals surface area contributed by atoms with Gasteiger partial charge in [0.15, 0.2) is 6.23 Å². The highest BCUT2D eigenvalue weighted by molar-refractivity contribution is 7.89. The lowest BCUT2D eigenvalue weighted by atomic mass is 10.1. The number of carboxylic acid groups (broad SMARTS) is 1. The fourth-order valence-electron chi connectivity index (χ4n) is 2.68. The molecule has 0 amide bonds. The van der Waals surface area contributed by atoms with Crippen molar-refractivity contribution in [3.8, 4) is 0 Å². The second-order valence-electron chi connectivity index (χ2n) is 5.11. The van der Waals surface area contributed by atoms with Gasteiger partial charge in [-0.15, -0.1) is 0 Å². The Balaban J connectivity index is 1.98. The zero-order valence-electron chi connectivity index (χ0n) is 11.7. The number of sulfonamides is 1. The molecule has 22 heavy (non-hydrogen) atoms. The topological polar surface area (TPSA) is 83.9 Å². The Labute approximate surface area is 128 Å². The van der Waals surface area contributed by atoms with E-state index in [1.54, 1.807) is 12.1 Å². The number of fused-ring (bicyclic) bond motifs is 1. The largest absolute Gasteiger partial charge is 0.507 e. The van der Waals surface area contributed by atoms with Crippen LogP contribution in [0.3, 0.4) is 0 Å². The lowest BCUT2D eigenvalue weighted by molar-refractivity contribution is 0.0170. The molecule has 1 fully saturated rings. The van der Waals surface area contributed by atoms with E-state index in [2.05, 4.69) is 4.74 Å². The molecule has 0 aromatic heterocycles. The van der Waals surface area contributed by atoms with Crippen molar-refractivity contribution in [1.82, 2.24) is 4.31 Å². The van der Waals surface area contributed by atoms with Gasteiger partial charge in [0.1, 0.15) is 0 Å². The summed E-state index contributed by atoms with van der Waals surface area (Å²) in [6, 6.07) is 12.3. The van der Waals surface area contributed by atoms with Gasteiger partial charge < -0.3 is 9.84 Å². The van der Waals surface area contributed by atoms with Gasteiger partial charge in [-0.1, -0.05) is 30.3 Å². The number of hydrogen-bond donors (Lipinski definition) is 1. The molecule has 2 aromatic carbocycles. The van der Waals surface area contributed by atoms with Crippen LogP contribution in [0.1, 0.15) is 12.8 Å². The molecule has 2 aromatic rings. The van der Waals surface area contributed by atoms with Crippen molar-refractivity contribution >= 4 is 27.0 Å². The predicted molar refractivity (Wildman–Crippen MR) is 80.0 cm³/mol. The third-order valence-electron chi connectivity index (χ3n) is 3.72. The Morgan fingerprint density at radius 2 is 1.91 bits per heavy atom. The fraction of sp³-hybridized carbons (Fsp3) is 0.267. The van der Waals surface area contributed by atoms with Crippen LogP contribution in [-0.2, 0) is 14.8 Å². The molecule has 0 spiro atoms. The van der Waals surface area contributed by atoms with Crippen molar-refractivity contribution in [1.29, 1.82) is 0 Å². The smallest absolute Gasteiger partial charge is 0.450 e. The zero-order valence-corrected chi connectivity index (χ0v) is 12.5. The van der Waals surface area contributed by atoms with Crippen molar-refractivity contribution in [2.24, 2.45) is 0 Å². The summed E-state index contributed by atoms with van der Waals surface area (Å²) >= 11 is 0. The van der Waals surface area contributed by atoms with Crippen LogP contribution in [0.4, 0.5) is 4.79 Å². The molecule has 1 aliphatic rings. The van der Waals surface area contributed by atoms with Gasteiger partial charge >= 0.3 is 6.16 Å². The normalized spacial score (nSPS) is 19.4. The van der Waals surface area contributed by atoms with E-state index in [0.717, 1.165) is 15.1 Å². The predicted octanol–water partition coefficient (Wildman–Crippen LogP) is 2.65. The summed E-state index contributed by atoms with van der Waals surface area (Å²) in [5.41, 5.74) is 0. The Morgan fingerprint density at radius 1 is 1.18 bits per heavy atom. The van der Waals surface area contributed by atoms with Crippen LogP contribution >= 0.6 is 0 Å². The lowest BCUT2D eigenvalue weighted by Gasteiger charge is -2.22. The van der Waals surface area contributed by atoms with E-state index >= 15 is 0 Å². The standard InChI is InChI=1S/C15H15NO5S/c17-15(18)21-14-6-3-9-16(14)22(19,20)13-8-7-11-4-1-2-5-12(11)10-13/h1-2,4-5,7-8,10,14H,3,6,9H2,(H,17,18)/t14-/m0/s1. The van der Waals surface area contributed by atoms with Gasteiger partial charge in [0.25, 0.3) is 0 Å². The number of nitrogens with zero attached hydrogens (tertiary/aromatic N) is 1. The average Bonchev–Trinajstić information content (AvgIpc) is 2.95. The summed E-state index contributed by atoms with van der Waals surface area (Å²) in [6.07, 6.45) is -1.47. The van der Waals surface area contributed by atoms with Crippen LogP contribution in [0.5, 0.6) is 0 Å². The van der Waals surface area contributed by atoms with Crippen LogP contribution in [0.15, 0.2) is 47.4 Å². The first kappa shape index (κ1) is 14.8. The molecule has 0 unspecified atom stereocenters. The number of rotatable bonds is 3. The van der Waals surface area contributed by atoms with Crippen LogP contribution in [0, 0.1) is 0 Å². The van der Waals surface area contributed by atoms with E-state index in [1.165, 1.54) is 6.07 Å². The van der Waals surface area contributed by atoms with Gasteiger partial charge in [0.05, 0.1) is 4.90 Å². The molecule has 0 aliphatic carbocycles. The maximum absolute atomic E-state index is 12.7. The monoisotopic (exact) mass is 321 g/mol. The highest BCUT2D eigenvalue weighted by Crippen LogP contribution is 2.28. The van der Waals surface area contributed by atoms with Crippen LogP contribution in [-0.4, -0.2) is 36.8 Å². The molecular weight excluding hydrogens is 306 g/mol. The van der Waals surface area contributed by atoms with Crippen molar-refractivity contribution in [2.75, 3.05) is 6.54 Å². The Hall–Kier alpha value is -2.12. The second kappa shape index (κ2) is 5.58. The Morgan fingerprint density at radius 3 is 2.64 bits per heavy atom. The third-order valence-corrected chi connectivity index (χ3v) is 5.60. The molecule has 3 rings (SSSR count). The average molecular weight is 321 g/mol. The number of ether oxygens (including phenoxy) is 1. The first-order chi connectivity index (χ1) is 10.5.